The van der Waals surface area contributed by atoms with Crippen LogP contribution in [0, 0.1) is 20.8 Å². The second kappa shape index (κ2) is 8.23. The highest BCUT2D eigenvalue weighted by Gasteiger charge is 2.14. The molecule has 0 radical (unpaired) electrons. The lowest BCUT2D eigenvalue weighted by Gasteiger charge is -2.17. The third kappa shape index (κ3) is 4.26. The number of hydrogen-bond donors (Lipinski definition) is 1. The van der Waals surface area contributed by atoms with Crippen molar-refractivity contribution < 1.29 is 4.79 Å². The number of anilines is 1. The van der Waals surface area contributed by atoms with Gasteiger partial charge in [0.25, 0.3) is 0 Å². The fraction of sp³-hybridized carbons (Fsp3) is 0.435. The first kappa shape index (κ1) is 19.4. The van der Waals surface area contributed by atoms with E-state index >= 15 is 0 Å². The van der Waals surface area contributed by atoms with Gasteiger partial charge in [0.1, 0.15) is 0 Å². The number of aryl methyl sites for hydroxylation is 3. The molecule has 1 aromatic carbocycles. The number of rotatable bonds is 6. The van der Waals surface area contributed by atoms with Gasteiger partial charge >= 0.3 is 0 Å². The summed E-state index contributed by atoms with van der Waals surface area (Å²) in [5.41, 5.74) is 7.36. The first-order valence-electron chi connectivity index (χ1n) is 10.4. The monoisotopic (exact) mass is 391 g/mol. The molecule has 3 heterocycles. The minimum Gasteiger partial charge on any atom is -0.372 e. The van der Waals surface area contributed by atoms with Gasteiger partial charge in [0.2, 0.25) is 5.91 Å². The van der Waals surface area contributed by atoms with Gasteiger partial charge in [-0.05, 0) is 63.3 Å². The van der Waals surface area contributed by atoms with Crippen molar-refractivity contribution >= 4 is 17.2 Å². The van der Waals surface area contributed by atoms with Gasteiger partial charge < -0.3 is 10.2 Å². The normalized spacial score (nSPS) is 14.0. The van der Waals surface area contributed by atoms with Crippen LogP contribution in [-0.2, 0) is 17.8 Å². The molecule has 1 aliphatic rings. The molecule has 152 valence electrons. The van der Waals surface area contributed by atoms with Gasteiger partial charge in [-0.25, -0.2) is 9.50 Å². The molecule has 1 fully saturated rings. The lowest BCUT2D eigenvalue weighted by atomic mass is 10.1. The zero-order chi connectivity index (χ0) is 20.4. The molecular weight excluding hydrogens is 362 g/mol. The Kier molecular flexibility index (Phi) is 5.51. The van der Waals surface area contributed by atoms with E-state index in [9.17, 15) is 4.79 Å². The van der Waals surface area contributed by atoms with Crippen LogP contribution in [0.5, 0.6) is 0 Å². The largest absolute Gasteiger partial charge is 0.372 e. The predicted octanol–water partition coefficient (Wildman–Crippen LogP) is 3.50. The fourth-order valence-electron chi connectivity index (χ4n) is 4.13. The third-order valence-electron chi connectivity index (χ3n) is 5.79. The van der Waals surface area contributed by atoms with Crippen molar-refractivity contribution in [2.75, 3.05) is 18.0 Å². The van der Waals surface area contributed by atoms with Crippen LogP contribution in [0.4, 0.5) is 5.69 Å². The van der Waals surface area contributed by atoms with Crippen molar-refractivity contribution in [3.8, 4) is 0 Å². The molecule has 0 bridgehead atoms. The Morgan fingerprint density at radius 2 is 1.83 bits per heavy atom. The fourth-order valence-corrected chi connectivity index (χ4v) is 4.13. The Morgan fingerprint density at radius 1 is 1.10 bits per heavy atom. The number of nitrogens with one attached hydrogen (secondary N) is 1. The van der Waals surface area contributed by atoms with Crippen molar-refractivity contribution in [3.05, 3.63) is 58.5 Å². The summed E-state index contributed by atoms with van der Waals surface area (Å²) in [5, 5.41) is 7.55. The van der Waals surface area contributed by atoms with Gasteiger partial charge in [-0.15, -0.1) is 0 Å². The Labute approximate surface area is 171 Å². The smallest absolute Gasteiger partial charge is 0.220 e. The molecule has 2 aromatic heterocycles. The highest BCUT2D eigenvalue weighted by Crippen LogP contribution is 2.20. The Morgan fingerprint density at radius 3 is 2.55 bits per heavy atom. The maximum atomic E-state index is 12.4. The molecule has 29 heavy (non-hydrogen) atoms. The average molecular weight is 392 g/mol. The summed E-state index contributed by atoms with van der Waals surface area (Å²) in [4.78, 5) is 19.4. The predicted molar refractivity (Wildman–Crippen MR) is 115 cm³/mol. The number of carbonyl (C=O) groups is 1. The van der Waals surface area contributed by atoms with Gasteiger partial charge in [-0.2, -0.15) is 5.10 Å². The van der Waals surface area contributed by atoms with E-state index in [0.717, 1.165) is 46.9 Å². The number of aromatic nitrogens is 3. The van der Waals surface area contributed by atoms with Crippen LogP contribution < -0.4 is 10.2 Å². The minimum absolute atomic E-state index is 0.0594. The molecule has 0 unspecified atom stereocenters. The molecule has 4 rings (SSSR count). The molecule has 1 saturated heterocycles. The quantitative estimate of drug-likeness (QED) is 0.699. The molecular formula is C23H29N5O. The van der Waals surface area contributed by atoms with Crippen LogP contribution in [0.2, 0.25) is 0 Å². The van der Waals surface area contributed by atoms with E-state index in [4.69, 9.17) is 0 Å². The van der Waals surface area contributed by atoms with Crippen LogP contribution in [0.3, 0.4) is 0 Å². The number of amides is 1. The van der Waals surface area contributed by atoms with E-state index < -0.39 is 0 Å². The highest BCUT2D eigenvalue weighted by atomic mass is 16.1. The van der Waals surface area contributed by atoms with Crippen molar-refractivity contribution in [2.24, 2.45) is 0 Å². The molecule has 1 aliphatic heterocycles. The summed E-state index contributed by atoms with van der Waals surface area (Å²) < 4.78 is 1.87. The van der Waals surface area contributed by atoms with Gasteiger partial charge in [-0.1, -0.05) is 12.1 Å². The van der Waals surface area contributed by atoms with E-state index in [1.165, 1.54) is 18.5 Å². The standard InChI is InChI=1S/C23H29N5O/c1-16-14-22-25-17(2)21(18(3)28(22)26-16)10-11-23(29)24-15-19-6-8-20(9-7-19)27-12-4-5-13-27/h6-9,14H,4-5,10-13,15H2,1-3H3,(H,24,29). The second-order valence-corrected chi connectivity index (χ2v) is 7.95. The third-order valence-corrected chi connectivity index (χ3v) is 5.79. The van der Waals surface area contributed by atoms with E-state index in [-0.39, 0.29) is 5.91 Å². The zero-order valence-electron chi connectivity index (χ0n) is 17.5. The zero-order valence-corrected chi connectivity index (χ0v) is 17.5. The Balaban J connectivity index is 1.33. The summed E-state index contributed by atoms with van der Waals surface area (Å²) in [6.07, 6.45) is 3.67. The van der Waals surface area contributed by atoms with Crippen LogP contribution in [-0.4, -0.2) is 33.6 Å². The molecule has 1 N–H and O–H groups in total. The number of hydrogen-bond acceptors (Lipinski definition) is 4. The number of carbonyl (C=O) groups excluding carboxylic acids is 1. The van der Waals surface area contributed by atoms with Gasteiger partial charge in [0.15, 0.2) is 5.65 Å². The van der Waals surface area contributed by atoms with E-state index in [1.54, 1.807) is 0 Å². The van der Waals surface area contributed by atoms with Crippen LogP contribution in [0.25, 0.3) is 5.65 Å². The Hall–Kier alpha value is -2.89. The van der Waals surface area contributed by atoms with Crippen molar-refractivity contribution in [3.63, 3.8) is 0 Å². The summed E-state index contributed by atoms with van der Waals surface area (Å²) in [6, 6.07) is 10.5. The lowest BCUT2D eigenvalue weighted by molar-refractivity contribution is -0.121. The van der Waals surface area contributed by atoms with Crippen molar-refractivity contribution in [1.82, 2.24) is 19.9 Å². The summed E-state index contributed by atoms with van der Waals surface area (Å²) in [6.45, 7) is 8.87. The molecule has 6 heteroatoms. The molecule has 0 atom stereocenters. The first-order valence-corrected chi connectivity index (χ1v) is 10.4. The minimum atomic E-state index is 0.0594. The summed E-state index contributed by atoms with van der Waals surface area (Å²) in [7, 11) is 0. The van der Waals surface area contributed by atoms with Crippen molar-refractivity contribution in [2.45, 2.75) is 53.0 Å². The SMILES string of the molecule is Cc1cc2nc(C)c(CCC(=O)NCc3ccc(N4CCCC4)cc3)c(C)n2n1. The molecule has 0 spiro atoms. The van der Waals surface area contributed by atoms with Gasteiger partial charge in [-0.3, -0.25) is 4.79 Å². The van der Waals surface area contributed by atoms with Gasteiger partial charge in [0, 0.05) is 49.2 Å². The average Bonchev–Trinajstić information content (AvgIpc) is 3.36. The maximum absolute atomic E-state index is 12.4. The molecule has 6 nitrogen and oxygen atoms in total. The van der Waals surface area contributed by atoms with Crippen LogP contribution in [0.1, 0.15) is 47.5 Å². The van der Waals surface area contributed by atoms with Gasteiger partial charge in [0.05, 0.1) is 5.69 Å². The van der Waals surface area contributed by atoms with Crippen LogP contribution in [0.15, 0.2) is 30.3 Å². The highest BCUT2D eigenvalue weighted by molar-refractivity contribution is 5.76. The van der Waals surface area contributed by atoms with E-state index in [2.05, 4.69) is 44.6 Å². The summed E-state index contributed by atoms with van der Waals surface area (Å²) in [5.74, 6) is 0.0594. The molecule has 0 saturated carbocycles. The van der Waals surface area contributed by atoms with E-state index in [0.29, 0.717) is 19.4 Å². The molecule has 1 amide bonds. The van der Waals surface area contributed by atoms with Crippen molar-refractivity contribution in [1.29, 1.82) is 0 Å². The molecule has 0 aliphatic carbocycles. The van der Waals surface area contributed by atoms with Crippen LogP contribution >= 0.6 is 0 Å². The number of benzene rings is 1. The number of nitrogens with zero attached hydrogens (tertiary/aromatic N) is 4. The van der Waals surface area contributed by atoms with E-state index in [1.807, 2.05) is 31.4 Å². The topological polar surface area (TPSA) is 62.5 Å². The summed E-state index contributed by atoms with van der Waals surface area (Å²) >= 11 is 0. The maximum Gasteiger partial charge on any atom is 0.220 e. The number of fused-ring (bicyclic) bond motifs is 1. The lowest BCUT2D eigenvalue weighted by Crippen LogP contribution is -2.23. The Bertz CT molecular complexity index is 1020. The molecule has 3 aromatic rings. The first-order chi connectivity index (χ1) is 14.0. The second-order valence-electron chi connectivity index (χ2n) is 7.95.